The van der Waals surface area contributed by atoms with Crippen molar-refractivity contribution in [3.8, 4) is 0 Å². The monoisotopic (exact) mass is 363 g/mol. The van der Waals surface area contributed by atoms with Crippen molar-refractivity contribution in [2.24, 2.45) is 0 Å². The summed E-state index contributed by atoms with van der Waals surface area (Å²) in [5.41, 5.74) is 3.07. The third kappa shape index (κ3) is 2.76. The van der Waals surface area contributed by atoms with Crippen LogP contribution in [0.25, 0.3) is 10.1 Å². The highest BCUT2D eigenvalue weighted by molar-refractivity contribution is 9.10. The van der Waals surface area contributed by atoms with Gasteiger partial charge >= 0.3 is 0 Å². The summed E-state index contributed by atoms with van der Waals surface area (Å²) in [6.07, 6.45) is 0. The Morgan fingerprint density at radius 3 is 2.76 bits per heavy atom. The van der Waals surface area contributed by atoms with Crippen LogP contribution in [-0.4, -0.2) is 7.05 Å². The summed E-state index contributed by atoms with van der Waals surface area (Å²) in [7, 11) is 1.91. The fraction of sp³-hybridized carbons (Fsp3) is 0.176. The van der Waals surface area contributed by atoms with Gasteiger partial charge in [0.25, 0.3) is 0 Å². The van der Waals surface area contributed by atoms with Crippen LogP contribution in [0.4, 0.5) is 4.39 Å². The van der Waals surface area contributed by atoms with Gasteiger partial charge in [0.2, 0.25) is 0 Å². The first-order valence-electron chi connectivity index (χ1n) is 6.70. The molecule has 0 radical (unpaired) electrons. The molecule has 0 fully saturated rings. The fourth-order valence-electron chi connectivity index (χ4n) is 2.70. The van der Waals surface area contributed by atoms with Crippen LogP contribution in [0, 0.1) is 12.7 Å². The predicted molar refractivity (Wildman–Crippen MR) is 91.6 cm³/mol. The highest BCUT2D eigenvalue weighted by Gasteiger charge is 2.18. The van der Waals surface area contributed by atoms with E-state index in [1.807, 2.05) is 32.2 Å². The molecular formula is C17H15BrFNS. The van der Waals surface area contributed by atoms with Crippen molar-refractivity contribution < 1.29 is 4.39 Å². The zero-order chi connectivity index (χ0) is 15.0. The van der Waals surface area contributed by atoms with E-state index in [4.69, 9.17) is 0 Å². The molecule has 3 aromatic rings. The first-order valence-corrected chi connectivity index (χ1v) is 8.37. The van der Waals surface area contributed by atoms with Crippen molar-refractivity contribution in [1.82, 2.24) is 5.32 Å². The summed E-state index contributed by atoms with van der Waals surface area (Å²) in [5.74, 6) is -0.189. The van der Waals surface area contributed by atoms with E-state index >= 15 is 0 Å². The quantitative estimate of drug-likeness (QED) is 0.654. The Morgan fingerprint density at radius 2 is 2.05 bits per heavy atom. The van der Waals surface area contributed by atoms with Crippen LogP contribution in [0.5, 0.6) is 0 Å². The van der Waals surface area contributed by atoms with Crippen molar-refractivity contribution in [2.75, 3.05) is 7.05 Å². The number of benzene rings is 2. The molecule has 0 amide bonds. The van der Waals surface area contributed by atoms with Crippen LogP contribution < -0.4 is 5.32 Å². The van der Waals surface area contributed by atoms with E-state index in [0.717, 1.165) is 15.6 Å². The summed E-state index contributed by atoms with van der Waals surface area (Å²) in [5, 5.41) is 6.67. The Bertz CT molecular complexity index is 776. The van der Waals surface area contributed by atoms with Gasteiger partial charge < -0.3 is 5.32 Å². The molecule has 0 saturated heterocycles. The topological polar surface area (TPSA) is 12.0 Å². The molecule has 3 rings (SSSR count). The first kappa shape index (κ1) is 14.7. The van der Waals surface area contributed by atoms with Crippen molar-refractivity contribution in [1.29, 1.82) is 0 Å². The maximum atomic E-state index is 13.7. The van der Waals surface area contributed by atoms with Crippen LogP contribution in [0.1, 0.15) is 22.7 Å². The number of hydrogen-bond donors (Lipinski definition) is 1. The molecule has 21 heavy (non-hydrogen) atoms. The van der Waals surface area contributed by atoms with Crippen LogP contribution in [0.3, 0.4) is 0 Å². The van der Waals surface area contributed by atoms with E-state index in [2.05, 4.69) is 32.7 Å². The van der Waals surface area contributed by atoms with E-state index in [-0.39, 0.29) is 11.9 Å². The average Bonchev–Trinajstić information content (AvgIpc) is 2.84. The smallest absolute Gasteiger partial charge is 0.123 e. The second kappa shape index (κ2) is 5.87. The average molecular weight is 364 g/mol. The van der Waals surface area contributed by atoms with E-state index in [9.17, 15) is 4.39 Å². The minimum Gasteiger partial charge on any atom is -0.309 e. The van der Waals surface area contributed by atoms with Gasteiger partial charge in [-0.25, -0.2) is 4.39 Å². The highest BCUT2D eigenvalue weighted by atomic mass is 79.9. The number of thiophene rings is 1. The molecule has 0 spiro atoms. The lowest BCUT2D eigenvalue weighted by molar-refractivity contribution is 0.616. The van der Waals surface area contributed by atoms with Crippen molar-refractivity contribution in [3.05, 3.63) is 68.8 Å². The molecule has 1 aromatic heterocycles. The van der Waals surface area contributed by atoms with Gasteiger partial charge in [-0.05, 0) is 75.6 Å². The van der Waals surface area contributed by atoms with Gasteiger partial charge in [0.15, 0.2) is 0 Å². The molecular weight excluding hydrogens is 349 g/mol. The minimum atomic E-state index is -0.189. The standard InChI is InChI=1S/C17H15BrFNS/c1-10-6-11(8-12(19)7-10)16(20-2)14-9-21-17-13(14)4-3-5-15(17)18/h3-9,16,20H,1-2H3. The largest absolute Gasteiger partial charge is 0.309 e. The zero-order valence-corrected chi connectivity index (χ0v) is 14.2. The molecule has 0 aliphatic rings. The van der Waals surface area contributed by atoms with Gasteiger partial charge in [0, 0.05) is 9.17 Å². The molecule has 4 heteroatoms. The van der Waals surface area contributed by atoms with Crippen molar-refractivity contribution in [2.45, 2.75) is 13.0 Å². The molecule has 1 atom stereocenters. The highest BCUT2D eigenvalue weighted by Crippen LogP contribution is 2.37. The Balaban J connectivity index is 2.16. The Hall–Kier alpha value is -1.23. The molecule has 2 aromatic carbocycles. The normalized spacial score (nSPS) is 12.8. The lowest BCUT2D eigenvalue weighted by Crippen LogP contribution is -2.17. The van der Waals surface area contributed by atoms with Gasteiger partial charge in [-0.3, -0.25) is 0 Å². The van der Waals surface area contributed by atoms with Gasteiger partial charge in [-0.15, -0.1) is 11.3 Å². The second-order valence-corrected chi connectivity index (χ2v) is 6.83. The van der Waals surface area contributed by atoms with Crippen molar-refractivity contribution in [3.63, 3.8) is 0 Å². The third-order valence-electron chi connectivity index (χ3n) is 3.58. The number of nitrogens with one attached hydrogen (secondary N) is 1. The Morgan fingerprint density at radius 1 is 1.24 bits per heavy atom. The lowest BCUT2D eigenvalue weighted by Gasteiger charge is -2.17. The van der Waals surface area contributed by atoms with Gasteiger partial charge in [-0.1, -0.05) is 18.2 Å². The van der Waals surface area contributed by atoms with Crippen LogP contribution >= 0.6 is 27.3 Å². The molecule has 0 saturated carbocycles. The zero-order valence-electron chi connectivity index (χ0n) is 11.8. The molecule has 108 valence electrons. The SMILES string of the molecule is CNC(c1cc(C)cc(F)c1)c1csc2c(Br)cccc12. The maximum Gasteiger partial charge on any atom is 0.123 e. The molecule has 0 aliphatic heterocycles. The second-order valence-electron chi connectivity index (χ2n) is 5.09. The molecule has 1 unspecified atom stereocenters. The maximum absolute atomic E-state index is 13.7. The van der Waals surface area contributed by atoms with E-state index < -0.39 is 0 Å². The summed E-state index contributed by atoms with van der Waals surface area (Å²) in [6.45, 7) is 1.92. The minimum absolute atomic E-state index is 0.0116. The third-order valence-corrected chi connectivity index (χ3v) is 5.55. The molecule has 0 bridgehead atoms. The van der Waals surface area contributed by atoms with E-state index in [0.29, 0.717) is 0 Å². The number of fused-ring (bicyclic) bond motifs is 1. The number of hydrogen-bond acceptors (Lipinski definition) is 2. The van der Waals surface area contributed by atoms with Gasteiger partial charge in [-0.2, -0.15) is 0 Å². The molecule has 0 aliphatic carbocycles. The van der Waals surface area contributed by atoms with Crippen LogP contribution in [-0.2, 0) is 0 Å². The molecule has 1 heterocycles. The number of aryl methyl sites for hydroxylation is 1. The van der Waals surface area contributed by atoms with Crippen LogP contribution in [0.2, 0.25) is 0 Å². The number of halogens is 2. The van der Waals surface area contributed by atoms with E-state index in [1.165, 1.54) is 15.6 Å². The predicted octanol–water partition coefficient (Wildman–Crippen LogP) is 5.42. The summed E-state index contributed by atoms with van der Waals surface area (Å²) in [4.78, 5) is 0. The first-order chi connectivity index (χ1) is 10.1. The lowest BCUT2D eigenvalue weighted by atomic mass is 9.97. The Labute approximate surface area is 135 Å². The summed E-state index contributed by atoms with van der Waals surface area (Å²) in [6, 6.07) is 11.4. The van der Waals surface area contributed by atoms with Gasteiger partial charge in [0.1, 0.15) is 5.82 Å². The fourth-order valence-corrected chi connectivity index (χ4v) is 4.35. The summed E-state index contributed by atoms with van der Waals surface area (Å²) < 4.78 is 16.0. The Kier molecular flexibility index (Phi) is 4.11. The van der Waals surface area contributed by atoms with E-state index in [1.54, 1.807) is 23.5 Å². The number of rotatable bonds is 3. The van der Waals surface area contributed by atoms with Crippen LogP contribution in [0.15, 0.2) is 46.3 Å². The van der Waals surface area contributed by atoms with Crippen molar-refractivity contribution >= 4 is 37.4 Å². The molecule has 1 nitrogen and oxygen atoms in total. The van der Waals surface area contributed by atoms with Gasteiger partial charge in [0.05, 0.1) is 6.04 Å². The molecule has 1 N–H and O–H groups in total. The summed E-state index contributed by atoms with van der Waals surface area (Å²) >= 11 is 5.30.